The highest BCUT2D eigenvalue weighted by atomic mass is 16.5. The van der Waals surface area contributed by atoms with Gasteiger partial charge in [-0.25, -0.2) is 0 Å². The lowest BCUT2D eigenvalue weighted by molar-refractivity contribution is 0.0997. The lowest BCUT2D eigenvalue weighted by atomic mass is 9.97. The number of aromatic hydroxyl groups is 1. The van der Waals surface area contributed by atoms with Crippen LogP contribution in [0, 0.1) is 0 Å². The molecule has 2 aromatic carbocycles. The third kappa shape index (κ3) is 2.73. The van der Waals surface area contributed by atoms with Crippen LogP contribution in [-0.2, 0) is 0 Å². The summed E-state index contributed by atoms with van der Waals surface area (Å²) in [6, 6.07) is 10.1. The van der Waals surface area contributed by atoms with Crippen LogP contribution in [0.4, 0.5) is 0 Å². The van der Waals surface area contributed by atoms with Gasteiger partial charge in [0, 0.05) is 23.3 Å². The van der Waals surface area contributed by atoms with Crippen molar-refractivity contribution in [3.8, 4) is 23.0 Å². The summed E-state index contributed by atoms with van der Waals surface area (Å²) in [7, 11) is 3.03. The molecule has 1 heterocycles. The number of ketones is 1. The lowest BCUT2D eigenvalue weighted by Gasteiger charge is -2.21. The number of para-hydroxylation sites is 1. The summed E-state index contributed by atoms with van der Waals surface area (Å²) in [5.41, 5.74) is 1.37. The van der Waals surface area contributed by atoms with E-state index in [1.807, 2.05) is 0 Å². The number of hydrogen-bond donors (Lipinski definition) is 1. The summed E-state index contributed by atoms with van der Waals surface area (Å²) in [4.78, 5) is 12.8. The standard InChI is InChI=1S/C18H16O5/c1-21-13-8-15(22-2)17-16(9-13)23-10-12(18(17)20)7-11-5-3-4-6-14(11)19/h3-9,19H,10H2,1-2H3/b12-7+. The van der Waals surface area contributed by atoms with Gasteiger partial charge in [0.15, 0.2) is 5.78 Å². The van der Waals surface area contributed by atoms with Crippen LogP contribution in [0.2, 0.25) is 0 Å². The van der Waals surface area contributed by atoms with Gasteiger partial charge in [0.25, 0.3) is 0 Å². The number of phenols is 1. The fourth-order valence-corrected chi connectivity index (χ4v) is 2.47. The number of benzene rings is 2. The molecule has 0 saturated heterocycles. The average Bonchev–Trinajstić information content (AvgIpc) is 2.58. The van der Waals surface area contributed by atoms with Crippen molar-refractivity contribution in [3.63, 3.8) is 0 Å². The van der Waals surface area contributed by atoms with Crippen molar-refractivity contribution in [2.24, 2.45) is 0 Å². The summed E-state index contributed by atoms with van der Waals surface area (Å²) in [5, 5.41) is 9.85. The highest BCUT2D eigenvalue weighted by Gasteiger charge is 2.28. The van der Waals surface area contributed by atoms with Gasteiger partial charge in [-0.1, -0.05) is 18.2 Å². The Bertz CT molecular complexity index is 775. The van der Waals surface area contributed by atoms with Crippen molar-refractivity contribution < 1.29 is 24.1 Å². The van der Waals surface area contributed by atoms with Gasteiger partial charge >= 0.3 is 0 Å². The first-order valence-corrected chi connectivity index (χ1v) is 7.06. The van der Waals surface area contributed by atoms with E-state index in [0.717, 1.165) is 0 Å². The molecule has 2 aromatic rings. The first-order chi connectivity index (χ1) is 11.1. The van der Waals surface area contributed by atoms with Crippen LogP contribution < -0.4 is 14.2 Å². The molecule has 23 heavy (non-hydrogen) atoms. The summed E-state index contributed by atoms with van der Waals surface area (Å²) in [6.07, 6.45) is 1.63. The number of phenolic OH excluding ortho intramolecular Hbond substituents is 1. The zero-order valence-electron chi connectivity index (χ0n) is 12.8. The normalized spacial score (nSPS) is 15.0. The van der Waals surface area contributed by atoms with Gasteiger partial charge in [0.05, 0.1) is 14.2 Å². The van der Waals surface area contributed by atoms with E-state index in [-0.39, 0.29) is 18.1 Å². The molecule has 0 fully saturated rings. The van der Waals surface area contributed by atoms with Gasteiger partial charge in [-0.2, -0.15) is 0 Å². The average molecular weight is 312 g/mol. The molecule has 5 heteroatoms. The predicted molar refractivity (Wildman–Crippen MR) is 85.5 cm³/mol. The van der Waals surface area contributed by atoms with Gasteiger partial charge < -0.3 is 19.3 Å². The van der Waals surface area contributed by atoms with Crippen LogP contribution in [-0.4, -0.2) is 31.7 Å². The lowest BCUT2D eigenvalue weighted by Crippen LogP contribution is -2.20. The fraction of sp³-hybridized carbons (Fsp3) is 0.167. The van der Waals surface area contributed by atoms with Gasteiger partial charge in [0.1, 0.15) is 35.2 Å². The molecule has 0 saturated carbocycles. The zero-order valence-corrected chi connectivity index (χ0v) is 12.8. The van der Waals surface area contributed by atoms with E-state index in [4.69, 9.17) is 14.2 Å². The zero-order chi connectivity index (χ0) is 16.4. The molecule has 0 aliphatic carbocycles. The Morgan fingerprint density at radius 1 is 1.17 bits per heavy atom. The number of methoxy groups -OCH3 is 2. The maximum absolute atomic E-state index is 12.8. The molecule has 118 valence electrons. The third-order valence-electron chi connectivity index (χ3n) is 3.66. The Kier molecular flexibility index (Phi) is 3.93. The third-order valence-corrected chi connectivity index (χ3v) is 3.66. The van der Waals surface area contributed by atoms with E-state index in [0.29, 0.717) is 33.9 Å². The molecule has 1 aliphatic heterocycles. The molecule has 3 rings (SSSR count). The molecule has 1 N–H and O–H groups in total. The SMILES string of the molecule is COc1cc(OC)c2c(c1)OC/C(=C\c1ccccc1O)C2=O. The molecule has 0 unspecified atom stereocenters. The van der Waals surface area contributed by atoms with E-state index in [1.54, 1.807) is 42.5 Å². The second-order valence-electron chi connectivity index (χ2n) is 5.05. The number of ether oxygens (including phenoxy) is 3. The Hall–Kier alpha value is -2.95. The van der Waals surface area contributed by atoms with Gasteiger partial charge in [0.2, 0.25) is 0 Å². The minimum Gasteiger partial charge on any atom is -0.507 e. The molecule has 0 amide bonds. The quantitative estimate of drug-likeness (QED) is 0.882. The fourth-order valence-electron chi connectivity index (χ4n) is 2.47. The Morgan fingerprint density at radius 3 is 2.65 bits per heavy atom. The number of carbonyl (C=O) groups is 1. The summed E-state index contributed by atoms with van der Waals surface area (Å²) >= 11 is 0. The molecule has 0 radical (unpaired) electrons. The van der Waals surface area contributed by atoms with Crippen molar-refractivity contribution in [3.05, 3.63) is 53.1 Å². The second-order valence-corrected chi connectivity index (χ2v) is 5.05. The van der Waals surface area contributed by atoms with Crippen LogP contribution >= 0.6 is 0 Å². The molecule has 5 nitrogen and oxygen atoms in total. The number of Topliss-reactive ketones (excluding diaryl/α,β-unsaturated/α-hetero) is 1. The van der Waals surface area contributed by atoms with E-state index in [2.05, 4.69) is 0 Å². The largest absolute Gasteiger partial charge is 0.507 e. The van der Waals surface area contributed by atoms with Gasteiger partial charge in [-0.3, -0.25) is 4.79 Å². The van der Waals surface area contributed by atoms with Crippen molar-refractivity contribution in [2.45, 2.75) is 0 Å². The van der Waals surface area contributed by atoms with E-state index in [1.165, 1.54) is 14.2 Å². The summed E-state index contributed by atoms with van der Waals surface area (Å²) < 4.78 is 16.1. The first-order valence-electron chi connectivity index (χ1n) is 7.06. The minimum absolute atomic E-state index is 0.111. The second kappa shape index (κ2) is 6.04. The van der Waals surface area contributed by atoms with E-state index >= 15 is 0 Å². The maximum Gasteiger partial charge on any atom is 0.199 e. The van der Waals surface area contributed by atoms with Crippen LogP contribution in [0.15, 0.2) is 42.0 Å². The number of carbonyl (C=O) groups excluding carboxylic acids is 1. The molecule has 0 aromatic heterocycles. The van der Waals surface area contributed by atoms with Crippen molar-refractivity contribution in [1.29, 1.82) is 0 Å². The topological polar surface area (TPSA) is 65.0 Å². The Balaban J connectivity index is 2.06. The van der Waals surface area contributed by atoms with Crippen molar-refractivity contribution >= 4 is 11.9 Å². The molecule has 1 aliphatic rings. The molecular weight excluding hydrogens is 296 g/mol. The van der Waals surface area contributed by atoms with Crippen molar-refractivity contribution in [1.82, 2.24) is 0 Å². The predicted octanol–water partition coefficient (Wildman–Crippen LogP) is 3.07. The Labute approximate surface area is 133 Å². The number of fused-ring (bicyclic) bond motifs is 1. The Morgan fingerprint density at radius 2 is 1.96 bits per heavy atom. The molecule has 0 bridgehead atoms. The van der Waals surface area contributed by atoms with Crippen LogP contribution in [0.25, 0.3) is 6.08 Å². The smallest absolute Gasteiger partial charge is 0.199 e. The molecule has 0 spiro atoms. The first kappa shape index (κ1) is 15.0. The summed E-state index contributed by atoms with van der Waals surface area (Å²) in [5.74, 6) is 1.31. The van der Waals surface area contributed by atoms with Crippen LogP contribution in [0.3, 0.4) is 0 Å². The van der Waals surface area contributed by atoms with E-state index in [9.17, 15) is 9.90 Å². The highest BCUT2D eigenvalue weighted by Crippen LogP contribution is 2.39. The van der Waals surface area contributed by atoms with E-state index < -0.39 is 0 Å². The van der Waals surface area contributed by atoms with Crippen LogP contribution in [0.1, 0.15) is 15.9 Å². The summed E-state index contributed by atoms with van der Waals surface area (Å²) in [6.45, 7) is 0.122. The number of rotatable bonds is 3. The van der Waals surface area contributed by atoms with Crippen LogP contribution in [0.5, 0.6) is 23.0 Å². The number of hydrogen-bond acceptors (Lipinski definition) is 5. The minimum atomic E-state index is -0.186. The maximum atomic E-state index is 12.8. The van der Waals surface area contributed by atoms with Gasteiger partial charge in [-0.05, 0) is 12.1 Å². The molecule has 0 atom stereocenters. The van der Waals surface area contributed by atoms with Gasteiger partial charge in [-0.15, -0.1) is 0 Å². The highest BCUT2D eigenvalue weighted by molar-refractivity contribution is 6.15. The van der Waals surface area contributed by atoms with Crippen molar-refractivity contribution in [2.75, 3.05) is 20.8 Å². The monoisotopic (exact) mass is 312 g/mol. The molecular formula is C18H16O5.